The molecule has 0 spiro atoms. The minimum atomic E-state index is -3.70. The highest BCUT2D eigenvalue weighted by molar-refractivity contribution is 7.89. The number of carbonyl (C=O) groups excluding carboxylic acids is 2. The van der Waals surface area contributed by atoms with Crippen molar-refractivity contribution in [2.75, 3.05) is 27.7 Å². The number of carbonyl (C=O) groups is 2. The Morgan fingerprint density at radius 3 is 2.48 bits per heavy atom. The van der Waals surface area contributed by atoms with E-state index in [1.165, 1.54) is 33.3 Å². The number of nitrogens with zero attached hydrogens (tertiary/aromatic N) is 1. The van der Waals surface area contributed by atoms with E-state index in [0.717, 1.165) is 10.4 Å². The quantitative estimate of drug-likeness (QED) is 0.791. The van der Waals surface area contributed by atoms with Crippen molar-refractivity contribution < 1.29 is 22.7 Å². The number of halogens is 1. The van der Waals surface area contributed by atoms with E-state index >= 15 is 0 Å². The SMILES string of the molecule is CNC(=O)COC(=O)c1cc(S(=O)(=O)N(C)C)ccc1Cl. The second kappa shape index (κ2) is 6.88. The molecular weight excluding hydrogens is 320 g/mol. The minimum Gasteiger partial charge on any atom is -0.452 e. The second-order valence-corrected chi connectivity index (χ2v) is 6.74. The molecule has 21 heavy (non-hydrogen) atoms. The molecule has 0 aliphatic rings. The van der Waals surface area contributed by atoms with Crippen molar-refractivity contribution in [1.82, 2.24) is 9.62 Å². The van der Waals surface area contributed by atoms with Gasteiger partial charge in [0.15, 0.2) is 6.61 Å². The van der Waals surface area contributed by atoms with Crippen LogP contribution >= 0.6 is 11.6 Å². The topological polar surface area (TPSA) is 92.8 Å². The third-order valence-corrected chi connectivity index (χ3v) is 4.69. The van der Waals surface area contributed by atoms with Crippen LogP contribution in [0.15, 0.2) is 23.1 Å². The molecule has 9 heteroatoms. The van der Waals surface area contributed by atoms with Crippen molar-refractivity contribution in [3.05, 3.63) is 28.8 Å². The first-order chi connectivity index (χ1) is 9.70. The molecule has 7 nitrogen and oxygen atoms in total. The smallest absolute Gasteiger partial charge is 0.340 e. The summed E-state index contributed by atoms with van der Waals surface area (Å²) in [6, 6.07) is 3.69. The first-order valence-corrected chi connectivity index (χ1v) is 7.61. The van der Waals surface area contributed by atoms with Crippen LogP contribution in [0.1, 0.15) is 10.4 Å². The van der Waals surface area contributed by atoms with Gasteiger partial charge >= 0.3 is 5.97 Å². The fraction of sp³-hybridized carbons (Fsp3) is 0.333. The Morgan fingerprint density at radius 1 is 1.33 bits per heavy atom. The zero-order valence-corrected chi connectivity index (χ0v) is 13.3. The van der Waals surface area contributed by atoms with E-state index < -0.39 is 28.5 Å². The summed E-state index contributed by atoms with van der Waals surface area (Å²) in [5.74, 6) is -1.36. The maximum atomic E-state index is 12.0. The van der Waals surface area contributed by atoms with Crippen molar-refractivity contribution in [3.8, 4) is 0 Å². The van der Waals surface area contributed by atoms with Gasteiger partial charge < -0.3 is 10.1 Å². The number of esters is 1. The normalized spacial score (nSPS) is 11.3. The Hall–Kier alpha value is -1.64. The van der Waals surface area contributed by atoms with Crippen molar-refractivity contribution in [2.45, 2.75) is 4.90 Å². The molecule has 1 N–H and O–H groups in total. The molecule has 0 radical (unpaired) electrons. The second-order valence-electron chi connectivity index (χ2n) is 4.18. The van der Waals surface area contributed by atoms with Crippen LogP contribution in [-0.4, -0.2) is 52.3 Å². The maximum Gasteiger partial charge on any atom is 0.340 e. The van der Waals surface area contributed by atoms with E-state index in [-0.39, 0.29) is 15.5 Å². The predicted molar refractivity (Wildman–Crippen MR) is 76.7 cm³/mol. The molecule has 0 heterocycles. The van der Waals surface area contributed by atoms with Crippen LogP contribution in [0, 0.1) is 0 Å². The highest BCUT2D eigenvalue weighted by Gasteiger charge is 2.21. The fourth-order valence-electron chi connectivity index (χ4n) is 1.31. The van der Waals surface area contributed by atoms with Gasteiger partial charge in [-0.15, -0.1) is 0 Å². The molecule has 0 bridgehead atoms. The number of nitrogens with one attached hydrogen (secondary N) is 1. The lowest BCUT2D eigenvalue weighted by molar-refractivity contribution is -0.123. The van der Waals surface area contributed by atoms with E-state index in [4.69, 9.17) is 16.3 Å². The number of amides is 1. The Balaban J connectivity index is 3.09. The minimum absolute atomic E-state index is 0.0367. The predicted octanol–water partition coefficient (Wildman–Crippen LogP) is 0.493. The van der Waals surface area contributed by atoms with Gasteiger partial charge in [0.05, 0.1) is 15.5 Å². The summed E-state index contributed by atoms with van der Waals surface area (Å²) in [4.78, 5) is 22.8. The van der Waals surface area contributed by atoms with Gasteiger partial charge in [-0.1, -0.05) is 11.6 Å². The van der Waals surface area contributed by atoms with E-state index in [2.05, 4.69) is 5.32 Å². The Kier molecular flexibility index (Phi) is 5.70. The van der Waals surface area contributed by atoms with E-state index in [1.54, 1.807) is 0 Å². The molecule has 1 rings (SSSR count). The van der Waals surface area contributed by atoms with Gasteiger partial charge in [0.25, 0.3) is 5.91 Å². The summed E-state index contributed by atoms with van der Waals surface area (Å²) in [6.07, 6.45) is 0. The summed E-state index contributed by atoms with van der Waals surface area (Å²) in [5.41, 5.74) is -0.122. The first-order valence-electron chi connectivity index (χ1n) is 5.80. The summed E-state index contributed by atoms with van der Waals surface area (Å²) >= 11 is 5.86. The lowest BCUT2D eigenvalue weighted by Crippen LogP contribution is -2.25. The van der Waals surface area contributed by atoms with Gasteiger partial charge in [0.1, 0.15) is 0 Å². The molecule has 1 aromatic rings. The lowest BCUT2D eigenvalue weighted by Gasteiger charge is -2.13. The van der Waals surface area contributed by atoms with Crippen LogP contribution in [0.4, 0.5) is 0 Å². The van der Waals surface area contributed by atoms with E-state index in [0.29, 0.717) is 0 Å². The zero-order valence-electron chi connectivity index (χ0n) is 11.7. The molecule has 1 amide bonds. The molecule has 0 saturated heterocycles. The standard InChI is InChI=1S/C12H15ClN2O5S/c1-14-11(16)7-20-12(17)9-6-8(4-5-10(9)13)21(18,19)15(2)3/h4-6H,7H2,1-3H3,(H,14,16). The van der Waals surface area contributed by atoms with Crippen molar-refractivity contribution in [2.24, 2.45) is 0 Å². The highest BCUT2D eigenvalue weighted by Crippen LogP contribution is 2.22. The number of sulfonamides is 1. The fourth-order valence-corrected chi connectivity index (χ4v) is 2.44. The van der Waals surface area contributed by atoms with E-state index in [1.807, 2.05) is 0 Å². The van der Waals surface area contributed by atoms with Gasteiger partial charge in [0.2, 0.25) is 10.0 Å². The van der Waals surface area contributed by atoms with Crippen LogP contribution in [-0.2, 0) is 19.6 Å². The molecule has 0 atom stereocenters. The summed E-state index contributed by atoms with van der Waals surface area (Å²) in [6.45, 7) is -0.476. The molecule has 0 aromatic heterocycles. The molecule has 0 fully saturated rings. The van der Waals surface area contributed by atoms with Crippen LogP contribution < -0.4 is 5.32 Å². The number of ether oxygens (including phenoxy) is 1. The largest absolute Gasteiger partial charge is 0.452 e. The monoisotopic (exact) mass is 334 g/mol. The van der Waals surface area contributed by atoms with Crippen LogP contribution in [0.2, 0.25) is 5.02 Å². The molecular formula is C12H15ClN2O5S. The van der Waals surface area contributed by atoms with Crippen molar-refractivity contribution in [1.29, 1.82) is 0 Å². The van der Waals surface area contributed by atoms with Gasteiger partial charge in [-0.25, -0.2) is 17.5 Å². The molecule has 0 saturated carbocycles. The number of hydrogen-bond acceptors (Lipinski definition) is 5. The van der Waals surface area contributed by atoms with Crippen molar-refractivity contribution >= 4 is 33.5 Å². The number of rotatable bonds is 5. The summed E-state index contributed by atoms with van der Waals surface area (Å²) in [5, 5.41) is 2.32. The van der Waals surface area contributed by atoms with Crippen LogP contribution in [0.3, 0.4) is 0 Å². The third-order valence-electron chi connectivity index (χ3n) is 2.55. The van der Waals surface area contributed by atoms with Gasteiger partial charge in [0, 0.05) is 21.1 Å². The van der Waals surface area contributed by atoms with Gasteiger partial charge in [-0.05, 0) is 18.2 Å². The summed E-state index contributed by atoms with van der Waals surface area (Å²) in [7, 11) is 0.435. The molecule has 1 aromatic carbocycles. The van der Waals surface area contributed by atoms with Crippen LogP contribution in [0.5, 0.6) is 0 Å². The Bertz CT molecular complexity index is 658. The zero-order chi connectivity index (χ0) is 16.2. The number of benzene rings is 1. The Morgan fingerprint density at radius 2 is 1.95 bits per heavy atom. The van der Waals surface area contributed by atoms with Crippen molar-refractivity contribution in [3.63, 3.8) is 0 Å². The van der Waals surface area contributed by atoms with Gasteiger partial charge in [-0.2, -0.15) is 0 Å². The third kappa shape index (κ3) is 4.16. The first kappa shape index (κ1) is 17.4. The maximum absolute atomic E-state index is 12.0. The average molecular weight is 335 g/mol. The lowest BCUT2D eigenvalue weighted by atomic mass is 10.2. The molecule has 0 aliphatic heterocycles. The number of hydrogen-bond donors (Lipinski definition) is 1. The average Bonchev–Trinajstić information content (AvgIpc) is 2.44. The molecule has 116 valence electrons. The van der Waals surface area contributed by atoms with Crippen LogP contribution in [0.25, 0.3) is 0 Å². The highest BCUT2D eigenvalue weighted by atomic mass is 35.5. The Labute approximate surface area is 127 Å². The molecule has 0 aliphatic carbocycles. The molecule has 0 unspecified atom stereocenters. The van der Waals surface area contributed by atoms with E-state index in [9.17, 15) is 18.0 Å². The van der Waals surface area contributed by atoms with Gasteiger partial charge in [-0.3, -0.25) is 4.79 Å². The number of likely N-dealkylation sites (N-methyl/N-ethyl adjacent to an activating group) is 1. The summed E-state index contributed by atoms with van der Waals surface area (Å²) < 4.78 is 29.7.